The highest BCUT2D eigenvalue weighted by Gasteiger charge is 2.43. The molecule has 0 aliphatic heterocycles. The van der Waals surface area contributed by atoms with Crippen LogP contribution in [0.2, 0.25) is 0 Å². The van der Waals surface area contributed by atoms with Gasteiger partial charge in [-0.15, -0.1) is 10.2 Å². The fraction of sp³-hybridized carbons (Fsp3) is 0.769. The molecule has 1 aliphatic rings. The first kappa shape index (κ1) is 15.3. The number of methoxy groups -OCH3 is 1. The Morgan fingerprint density at radius 1 is 1.55 bits per heavy atom. The average molecular weight is 298 g/mol. The number of hydrogen-bond acceptors (Lipinski definition) is 6. The molecule has 1 fully saturated rings. The maximum Gasteiger partial charge on any atom is 0.326 e. The summed E-state index contributed by atoms with van der Waals surface area (Å²) in [6.07, 6.45) is 3.67. The number of esters is 1. The van der Waals surface area contributed by atoms with Gasteiger partial charge in [0.25, 0.3) is 0 Å². The normalized spacial score (nSPS) is 26.5. The number of likely N-dealkylation sites (N-methyl/N-ethyl adjacent to an activating group) is 1. The van der Waals surface area contributed by atoms with Gasteiger partial charge in [0, 0.05) is 12.3 Å². The molecule has 0 bridgehead atoms. The number of rotatable bonds is 4. The Morgan fingerprint density at radius 3 is 2.85 bits per heavy atom. The third-order valence-corrected chi connectivity index (χ3v) is 5.39. The van der Waals surface area contributed by atoms with Crippen molar-refractivity contribution in [2.24, 2.45) is 7.05 Å². The Balaban J connectivity index is 2.10. The van der Waals surface area contributed by atoms with Crippen molar-refractivity contribution < 1.29 is 9.53 Å². The van der Waals surface area contributed by atoms with Crippen LogP contribution in [0.25, 0.3) is 0 Å². The molecule has 2 unspecified atom stereocenters. The number of nitrogens with zero attached hydrogens (tertiary/aromatic N) is 3. The van der Waals surface area contributed by atoms with Gasteiger partial charge in [0.15, 0.2) is 5.16 Å². The molecule has 0 saturated heterocycles. The van der Waals surface area contributed by atoms with Crippen molar-refractivity contribution in [3.05, 3.63) is 5.82 Å². The molecule has 20 heavy (non-hydrogen) atoms. The summed E-state index contributed by atoms with van der Waals surface area (Å²) in [5, 5.41) is 12.7. The molecule has 1 saturated carbocycles. The lowest BCUT2D eigenvalue weighted by Gasteiger charge is -2.37. The first-order valence-corrected chi connectivity index (χ1v) is 7.70. The van der Waals surface area contributed by atoms with Crippen LogP contribution in [-0.2, 0) is 16.6 Å². The van der Waals surface area contributed by atoms with Crippen LogP contribution in [0.5, 0.6) is 0 Å². The summed E-state index contributed by atoms with van der Waals surface area (Å²) in [6.45, 7) is 1.93. The topological polar surface area (TPSA) is 69.0 Å². The van der Waals surface area contributed by atoms with Gasteiger partial charge in [-0.25, -0.2) is 0 Å². The molecule has 1 aromatic heterocycles. The number of aromatic nitrogens is 3. The van der Waals surface area contributed by atoms with Gasteiger partial charge in [-0.1, -0.05) is 11.8 Å². The average Bonchev–Trinajstić information content (AvgIpc) is 2.78. The second-order valence-corrected chi connectivity index (χ2v) is 6.52. The number of thioether (sulfide) groups is 1. The molecule has 1 aliphatic carbocycles. The minimum absolute atomic E-state index is 0.167. The molecule has 0 radical (unpaired) electrons. The molecule has 2 rings (SSSR count). The third-order valence-electron chi connectivity index (χ3n) is 4.09. The van der Waals surface area contributed by atoms with Crippen molar-refractivity contribution in [3.63, 3.8) is 0 Å². The third kappa shape index (κ3) is 2.83. The molecular weight excluding hydrogens is 276 g/mol. The Bertz CT molecular complexity index is 491. The highest BCUT2D eigenvalue weighted by atomic mass is 32.2. The first-order valence-electron chi connectivity index (χ1n) is 6.82. The van der Waals surface area contributed by atoms with Gasteiger partial charge < -0.3 is 14.6 Å². The Labute approximate surface area is 123 Å². The van der Waals surface area contributed by atoms with E-state index in [2.05, 4.69) is 15.5 Å². The maximum atomic E-state index is 12.1. The molecule has 0 spiro atoms. The molecule has 6 nitrogen and oxygen atoms in total. The zero-order valence-electron chi connectivity index (χ0n) is 12.5. The van der Waals surface area contributed by atoms with E-state index in [1.165, 1.54) is 7.11 Å². The standard InChI is InChI=1S/C13H22N4O2S/c1-9-15-16-12(17(9)3)20-10-6-5-7-13(8-10,14-2)11(18)19-4/h10,14H,5-8H2,1-4H3. The summed E-state index contributed by atoms with van der Waals surface area (Å²) < 4.78 is 6.95. The lowest BCUT2D eigenvalue weighted by Crippen LogP contribution is -2.54. The quantitative estimate of drug-likeness (QED) is 0.845. The van der Waals surface area contributed by atoms with Crippen LogP contribution in [-0.4, -0.2) is 45.7 Å². The second kappa shape index (κ2) is 6.13. The predicted molar refractivity (Wildman–Crippen MR) is 77.7 cm³/mol. The summed E-state index contributed by atoms with van der Waals surface area (Å²) >= 11 is 1.70. The Kier molecular flexibility index (Phi) is 4.70. The van der Waals surface area contributed by atoms with E-state index in [0.717, 1.165) is 36.7 Å². The van der Waals surface area contributed by atoms with E-state index < -0.39 is 5.54 Å². The van der Waals surface area contributed by atoms with Crippen molar-refractivity contribution in [1.29, 1.82) is 0 Å². The van der Waals surface area contributed by atoms with Gasteiger partial charge in [0.05, 0.1) is 7.11 Å². The van der Waals surface area contributed by atoms with E-state index in [4.69, 9.17) is 4.74 Å². The maximum absolute atomic E-state index is 12.1. The minimum Gasteiger partial charge on any atom is -0.468 e. The van der Waals surface area contributed by atoms with Crippen LogP contribution in [0.1, 0.15) is 31.5 Å². The van der Waals surface area contributed by atoms with Gasteiger partial charge in [0.1, 0.15) is 11.4 Å². The van der Waals surface area contributed by atoms with Gasteiger partial charge in [-0.05, 0) is 39.7 Å². The fourth-order valence-electron chi connectivity index (χ4n) is 2.67. The first-order chi connectivity index (χ1) is 9.52. The summed E-state index contributed by atoms with van der Waals surface area (Å²) in [5.74, 6) is 0.732. The smallest absolute Gasteiger partial charge is 0.326 e. The van der Waals surface area contributed by atoms with E-state index in [1.54, 1.807) is 11.8 Å². The zero-order valence-corrected chi connectivity index (χ0v) is 13.3. The molecule has 2 atom stereocenters. The molecule has 0 aromatic carbocycles. The highest BCUT2D eigenvalue weighted by molar-refractivity contribution is 7.99. The molecule has 112 valence electrons. The second-order valence-electron chi connectivity index (χ2n) is 5.25. The van der Waals surface area contributed by atoms with Crippen molar-refractivity contribution in [3.8, 4) is 0 Å². The Morgan fingerprint density at radius 2 is 2.30 bits per heavy atom. The zero-order chi connectivity index (χ0) is 14.8. The Hall–Kier alpha value is -1.08. The van der Waals surface area contributed by atoms with Crippen LogP contribution in [0, 0.1) is 6.92 Å². The van der Waals surface area contributed by atoms with E-state index in [1.807, 2.05) is 25.6 Å². The van der Waals surface area contributed by atoms with Crippen molar-refractivity contribution >= 4 is 17.7 Å². The van der Waals surface area contributed by atoms with Crippen molar-refractivity contribution in [1.82, 2.24) is 20.1 Å². The monoisotopic (exact) mass is 298 g/mol. The summed E-state index contributed by atoms with van der Waals surface area (Å²) in [7, 11) is 5.24. The number of carbonyl (C=O) groups excluding carboxylic acids is 1. The van der Waals surface area contributed by atoms with E-state index in [9.17, 15) is 4.79 Å². The largest absolute Gasteiger partial charge is 0.468 e. The lowest BCUT2D eigenvalue weighted by atomic mass is 9.81. The number of hydrogen-bond donors (Lipinski definition) is 1. The van der Waals surface area contributed by atoms with Crippen LogP contribution < -0.4 is 5.32 Å². The number of carbonyl (C=O) groups is 1. The van der Waals surface area contributed by atoms with Crippen LogP contribution in [0.4, 0.5) is 0 Å². The van der Waals surface area contributed by atoms with E-state index >= 15 is 0 Å². The molecule has 7 heteroatoms. The van der Waals surface area contributed by atoms with Crippen LogP contribution >= 0.6 is 11.8 Å². The van der Waals surface area contributed by atoms with Gasteiger partial charge >= 0.3 is 5.97 Å². The summed E-state index contributed by atoms with van der Waals surface area (Å²) in [5.41, 5.74) is -0.557. The number of nitrogens with one attached hydrogen (secondary N) is 1. The molecule has 1 heterocycles. The predicted octanol–water partition coefficient (Wildman–Crippen LogP) is 1.29. The van der Waals surface area contributed by atoms with E-state index in [-0.39, 0.29) is 5.97 Å². The van der Waals surface area contributed by atoms with Gasteiger partial charge in [-0.3, -0.25) is 4.79 Å². The van der Waals surface area contributed by atoms with E-state index in [0.29, 0.717) is 5.25 Å². The molecular formula is C13H22N4O2S. The van der Waals surface area contributed by atoms with Gasteiger partial charge in [0.2, 0.25) is 0 Å². The van der Waals surface area contributed by atoms with Crippen LogP contribution in [0.3, 0.4) is 0 Å². The summed E-state index contributed by atoms with van der Waals surface area (Å²) in [6, 6.07) is 0. The molecule has 0 amide bonds. The molecule has 1 N–H and O–H groups in total. The van der Waals surface area contributed by atoms with Crippen molar-refractivity contribution in [2.45, 2.75) is 48.6 Å². The van der Waals surface area contributed by atoms with Crippen molar-refractivity contribution in [2.75, 3.05) is 14.2 Å². The molecule has 1 aromatic rings. The number of ether oxygens (including phenoxy) is 1. The highest BCUT2D eigenvalue weighted by Crippen LogP contribution is 2.38. The lowest BCUT2D eigenvalue weighted by molar-refractivity contribution is -0.149. The SMILES string of the molecule is CNC1(C(=O)OC)CCCC(Sc2nnc(C)n2C)C1. The number of aryl methyl sites for hydroxylation is 1. The fourth-order valence-corrected chi connectivity index (χ4v) is 4.00. The summed E-state index contributed by atoms with van der Waals surface area (Å²) in [4.78, 5) is 12.1. The minimum atomic E-state index is -0.557. The van der Waals surface area contributed by atoms with Crippen LogP contribution in [0.15, 0.2) is 5.16 Å². The van der Waals surface area contributed by atoms with Gasteiger partial charge in [-0.2, -0.15) is 0 Å².